The Balaban J connectivity index is 0.00000256. The summed E-state index contributed by atoms with van der Waals surface area (Å²) >= 11 is 5.85. The number of hydrogen-bond acceptors (Lipinski definition) is 4. The van der Waals surface area contributed by atoms with Crippen LogP contribution >= 0.6 is 24.0 Å². The van der Waals surface area contributed by atoms with Crippen molar-refractivity contribution in [1.29, 1.82) is 0 Å². The van der Waals surface area contributed by atoms with Gasteiger partial charge in [0.1, 0.15) is 5.75 Å². The molecule has 0 aromatic heterocycles. The molecule has 0 saturated carbocycles. The van der Waals surface area contributed by atoms with Crippen LogP contribution in [0.3, 0.4) is 0 Å². The number of ether oxygens (including phenoxy) is 1. The van der Waals surface area contributed by atoms with E-state index in [0.717, 1.165) is 0 Å². The van der Waals surface area contributed by atoms with E-state index in [1.54, 1.807) is 19.1 Å². The van der Waals surface area contributed by atoms with Crippen LogP contribution in [0.2, 0.25) is 5.02 Å². The molecule has 3 N–H and O–H groups in total. The number of benzene rings is 1. The molecule has 0 aliphatic carbocycles. The number of phenols is 1. The topological polar surface area (TPSA) is 72.5 Å². The van der Waals surface area contributed by atoms with Crippen molar-refractivity contribution >= 4 is 30.0 Å². The lowest BCUT2D eigenvalue weighted by Crippen LogP contribution is -2.16. The van der Waals surface area contributed by atoms with Gasteiger partial charge in [-0.1, -0.05) is 11.6 Å². The second-order valence-electron chi connectivity index (χ2n) is 3.55. The fourth-order valence-corrected chi connectivity index (χ4v) is 1.70. The third-order valence-corrected chi connectivity index (χ3v) is 2.53. The Bertz CT molecular complexity index is 410. The van der Waals surface area contributed by atoms with Gasteiger partial charge < -0.3 is 15.6 Å². The number of rotatable bonds is 3. The van der Waals surface area contributed by atoms with Crippen molar-refractivity contribution in [2.45, 2.75) is 19.4 Å². The Morgan fingerprint density at radius 1 is 1.59 bits per heavy atom. The number of hydrogen-bond donors (Lipinski definition) is 2. The average Bonchev–Trinajstić information content (AvgIpc) is 2.22. The van der Waals surface area contributed by atoms with Crippen molar-refractivity contribution in [3.63, 3.8) is 0 Å². The van der Waals surface area contributed by atoms with Gasteiger partial charge >= 0.3 is 5.97 Å². The van der Waals surface area contributed by atoms with Crippen LogP contribution in [0.25, 0.3) is 0 Å². The Kier molecular flexibility index (Phi) is 6.31. The lowest BCUT2D eigenvalue weighted by Gasteiger charge is -2.14. The van der Waals surface area contributed by atoms with E-state index in [-0.39, 0.29) is 24.6 Å². The van der Waals surface area contributed by atoms with E-state index in [9.17, 15) is 9.90 Å². The molecule has 0 heterocycles. The third kappa shape index (κ3) is 4.07. The van der Waals surface area contributed by atoms with Crippen LogP contribution < -0.4 is 5.73 Å². The summed E-state index contributed by atoms with van der Waals surface area (Å²) in [7, 11) is 1.29. The molecule has 96 valence electrons. The van der Waals surface area contributed by atoms with E-state index < -0.39 is 12.0 Å². The van der Waals surface area contributed by atoms with Gasteiger partial charge in [-0.15, -0.1) is 12.4 Å². The zero-order chi connectivity index (χ0) is 12.3. The van der Waals surface area contributed by atoms with Crippen molar-refractivity contribution in [2.75, 3.05) is 7.11 Å². The summed E-state index contributed by atoms with van der Waals surface area (Å²) < 4.78 is 4.51. The number of phenolic OH excluding ortho intramolecular Hbond substituents is 1. The van der Waals surface area contributed by atoms with Crippen LogP contribution in [-0.2, 0) is 9.53 Å². The zero-order valence-corrected chi connectivity index (χ0v) is 11.1. The Labute approximate surface area is 111 Å². The summed E-state index contributed by atoms with van der Waals surface area (Å²) in [5.41, 5.74) is 6.87. The molecule has 1 aromatic carbocycles. The fourth-order valence-electron chi connectivity index (χ4n) is 1.42. The van der Waals surface area contributed by atoms with Crippen molar-refractivity contribution in [1.82, 2.24) is 0 Å². The first kappa shape index (κ1) is 16.0. The summed E-state index contributed by atoms with van der Waals surface area (Å²) in [5, 5.41) is 10.3. The molecule has 1 aromatic rings. The van der Waals surface area contributed by atoms with Gasteiger partial charge in [-0.25, -0.2) is 0 Å². The molecule has 0 unspecified atom stereocenters. The summed E-state index contributed by atoms with van der Waals surface area (Å²) in [6, 6.07) is 2.56. The number of esters is 1. The zero-order valence-electron chi connectivity index (χ0n) is 9.57. The van der Waals surface area contributed by atoms with E-state index in [1.165, 1.54) is 7.11 Å². The molecule has 1 rings (SSSR count). The highest BCUT2D eigenvalue weighted by Gasteiger charge is 2.17. The highest BCUT2D eigenvalue weighted by Crippen LogP contribution is 2.31. The number of halogens is 2. The minimum atomic E-state index is -0.621. The number of aromatic hydroxyl groups is 1. The predicted molar refractivity (Wildman–Crippen MR) is 68.7 cm³/mol. The van der Waals surface area contributed by atoms with E-state index in [4.69, 9.17) is 17.3 Å². The number of carbonyl (C=O) groups is 1. The van der Waals surface area contributed by atoms with Crippen LogP contribution in [0, 0.1) is 6.92 Å². The first-order valence-corrected chi connectivity index (χ1v) is 5.15. The minimum absolute atomic E-state index is 0. The molecule has 0 spiro atoms. The van der Waals surface area contributed by atoms with Crippen LogP contribution in [0.1, 0.15) is 23.6 Å². The molecule has 1 atom stereocenters. The largest absolute Gasteiger partial charge is 0.507 e. The van der Waals surface area contributed by atoms with E-state index in [1.807, 2.05) is 0 Å². The molecule has 17 heavy (non-hydrogen) atoms. The maximum Gasteiger partial charge on any atom is 0.307 e. The Morgan fingerprint density at radius 2 is 2.18 bits per heavy atom. The third-order valence-electron chi connectivity index (χ3n) is 2.31. The van der Waals surface area contributed by atoms with Crippen LogP contribution in [0.5, 0.6) is 5.75 Å². The molecule has 0 aliphatic rings. The summed E-state index contributed by atoms with van der Waals surface area (Å²) in [4.78, 5) is 11.1. The van der Waals surface area contributed by atoms with Crippen LogP contribution in [0.4, 0.5) is 0 Å². The van der Waals surface area contributed by atoms with Crippen molar-refractivity contribution < 1.29 is 14.6 Å². The second kappa shape index (κ2) is 6.69. The summed E-state index contributed by atoms with van der Waals surface area (Å²) in [6.07, 6.45) is 0.00381. The van der Waals surface area contributed by atoms with Crippen molar-refractivity contribution in [2.24, 2.45) is 5.73 Å². The molecule has 0 saturated heterocycles. The smallest absolute Gasteiger partial charge is 0.307 e. The summed E-state index contributed by atoms with van der Waals surface area (Å²) in [5.74, 6) is -0.356. The highest BCUT2D eigenvalue weighted by atomic mass is 35.5. The first-order valence-electron chi connectivity index (χ1n) is 4.77. The molecular weight excluding hydrogens is 265 g/mol. The predicted octanol–water partition coefficient (Wildman–Crippen LogP) is 2.34. The van der Waals surface area contributed by atoms with Gasteiger partial charge in [-0.3, -0.25) is 4.79 Å². The van der Waals surface area contributed by atoms with Gasteiger partial charge in [0.05, 0.1) is 13.5 Å². The fraction of sp³-hybridized carbons (Fsp3) is 0.364. The van der Waals surface area contributed by atoms with Crippen LogP contribution in [-0.4, -0.2) is 18.2 Å². The molecule has 0 bridgehead atoms. The maximum atomic E-state index is 11.1. The SMILES string of the molecule is COC(=O)C[C@H](N)c1cc(Cl)cc(C)c1O.Cl. The molecule has 4 nitrogen and oxygen atoms in total. The molecule has 0 fully saturated rings. The lowest BCUT2D eigenvalue weighted by molar-refractivity contribution is -0.141. The number of carbonyl (C=O) groups excluding carboxylic acids is 1. The monoisotopic (exact) mass is 279 g/mol. The molecule has 0 radical (unpaired) electrons. The average molecular weight is 280 g/mol. The van der Waals surface area contributed by atoms with Gasteiger partial charge in [0, 0.05) is 16.6 Å². The molecule has 0 aliphatic heterocycles. The number of methoxy groups -OCH3 is 1. The van der Waals surface area contributed by atoms with E-state index in [0.29, 0.717) is 16.1 Å². The minimum Gasteiger partial charge on any atom is -0.507 e. The standard InChI is InChI=1S/C11H14ClNO3.ClH/c1-6-3-7(12)4-8(11(6)15)9(13)5-10(14)16-2;/h3-4,9,15H,5,13H2,1-2H3;1H/t9-;/m0./s1. The second-order valence-corrected chi connectivity index (χ2v) is 3.98. The van der Waals surface area contributed by atoms with Gasteiger partial charge in [0.25, 0.3) is 0 Å². The van der Waals surface area contributed by atoms with Gasteiger partial charge in [0.2, 0.25) is 0 Å². The molecule has 0 amide bonds. The first-order chi connectivity index (χ1) is 7.45. The van der Waals surface area contributed by atoms with Gasteiger partial charge in [-0.2, -0.15) is 0 Å². The van der Waals surface area contributed by atoms with E-state index >= 15 is 0 Å². The summed E-state index contributed by atoms with van der Waals surface area (Å²) in [6.45, 7) is 1.72. The maximum absolute atomic E-state index is 11.1. The lowest BCUT2D eigenvalue weighted by atomic mass is 10.0. The number of aryl methyl sites for hydroxylation is 1. The highest BCUT2D eigenvalue weighted by molar-refractivity contribution is 6.30. The van der Waals surface area contributed by atoms with Gasteiger partial charge in [0.15, 0.2) is 0 Å². The molecular formula is C11H15Cl2NO3. The van der Waals surface area contributed by atoms with E-state index in [2.05, 4.69) is 4.74 Å². The Hall–Kier alpha value is -0.970. The Morgan fingerprint density at radius 3 is 2.71 bits per heavy atom. The normalized spacial score (nSPS) is 11.5. The van der Waals surface area contributed by atoms with Crippen molar-refractivity contribution in [3.05, 3.63) is 28.3 Å². The number of nitrogens with two attached hydrogens (primary N) is 1. The quantitative estimate of drug-likeness (QED) is 0.833. The van der Waals surface area contributed by atoms with Crippen LogP contribution in [0.15, 0.2) is 12.1 Å². The van der Waals surface area contributed by atoms with Gasteiger partial charge in [-0.05, 0) is 24.6 Å². The van der Waals surface area contributed by atoms with Crippen molar-refractivity contribution in [3.8, 4) is 5.75 Å². The molecule has 6 heteroatoms.